The van der Waals surface area contributed by atoms with Gasteiger partial charge in [0, 0.05) is 12.6 Å². The molecule has 1 heterocycles. The molecule has 14 atom stereocenters. The van der Waals surface area contributed by atoms with Gasteiger partial charge in [-0.15, -0.1) is 12.6 Å². The van der Waals surface area contributed by atoms with Crippen LogP contribution in [0.15, 0.2) is 11.6 Å². The monoisotopic (exact) mass is 595 g/mol. The molecule has 8 heteroatoms. The summed E-state index contributed by atoms with van der Waals surface area (Å²) in [7, 11) is 0. The van der Waals surface area contributed by atoms with E-state index in [1.165, 1.54) is 38.5 Å². The highest BCUT2D eigenvalue weighted by atomic mass is 32.1. The van der Waals surface area contributed by atoms with Gasteiger partial charge in [-0.1, -0.05) is 44.8 Å². The van der Waals surface area contributed by atoms with E-state index in [0.29, 0.717) is 35.3 Å². The number of rotatable bonds is 10. The maximum absolute atomic E-state index is 10.5. The van der Waals surface area contributed by atoms with Crippen LogP contribution in [0.4, 0.5) is 0 Å². The van der Waals surface area contributed by atoms with Gasteiger partial charge in [0.2, 0.25) is 0 Å². The third-order valence-corrected chi connectivity index (χ3v) is 12.9. The number of aliphatic hydroxyl groups is 4. The molecule has 236 valence electrons. The van der Waals surface area contributed by atoms with Crippen LogP contribution in [-0.4, -0.2) is 75.1 Å². The van der Waals surface area contributed by atoms with Crippen LogP contribution in [0.2, 0.25) is 0 Å². The molecule has 1 saturated heterocycles. The molecule has 41 heavy (non-hydrogen) atoms. The first-order valence-corrected chi connectivity index (χ1v) is 17.1. The van der Waals surface area contributed by atoms with Crippen molar-refractivity contribution < 1.29 is 29.9 Å². The van der Waals surface area contributed by atoms with E-state index in [-0.39, 0.29) is 0 Å². The van der Waals surface area contributed by atoms with E-state index in [0.717, 1.165) is 62.9 Å². The fourth-order valence-corrected chi connectivity index (χ4v) is 10.4. The molecule has 0 radical (unpaired) electrons. The highest BCUT2D eigenvalue weighted by Gasteiger charge is 2.59. The predicted molar refractivity (Wildman–Crippen MR) is 163 cm³/mol. The lowest BCUT2D eigenvalue weighted by Gasteiger charge is -2.58. The van der Waals surface area contributed by atoms with Crippen LogP contribution in [0.1, 0.15) is 104 Å². The first-order chi connectivity index (χ1) is 19.5. The van der Waals surface area contributed by atoms with Gasteiger partial charge in [-0.05, 0) is 106 Å². The fraction of sp³-hybridized carbons (Fsp3) is 0.939. The van der Waals surface area contributed by atoms with Crippen LogP contribution in [0, 0.1) is 34.5 Å². The number of unbranched alkanes of at least 4 members (excludes halogenated alkanes) is 3. The highest BCUT2D eigenvalue weighted by molar-refractivity contribution is 7.80. The van der Waals surface area contributed by atoms with Crippen LogP contribution in [-0.2, 0) is 9.47 Å². The fourth-order valence-electron chi connectivity index (χ4n) is 10.1. The maximum atomic E-state index is 10.5. The first kappa shape index (κ1) is 32.2. The quantitative estimate of drug-likeness (QED) is 0.126. The molecule has 0 aromatic carbocycles. The Bertz CT molecular complexity index is 918. The van der Waals surface area contributed by atoms with Crippen molar-refractivity contribution >= 4 is 12.6 Å². The van der Waals surface area contributed by atoms with Crippen LogP contribution in [0.5, 0.6) is 0 Å². The summed E-state index contributed by atoms with van der Waals surface area (Å²) in [5.74, 6) is 3.16. The minimum atomic E-state index is -1.37. The molecular weight excluding hydrogens is 538 g/mol. The molecule has 6 N–H and O–H groups in total. The van der Waals surface area contributed by atoms with Crippen molar-refractivity contribution in [1.29, 1.82) is 0 Å². The van der Waals surface area contributed by atoms with E-state index in [9.17, 15) is 20.4 Å². The Morgan fingerprint density at radius 2 is 1.76 bits per heavy atom. The lowest BCUT2D eigenvalue weighted by Crippen LogP contribution is -2.59. The molecule has 7 nitrogen and oxygen atoms in total. The average molecular weight is 596 g/mol. The largest absolute Gasteiger partial charge is 0.390 e. The van der Waals surface area contributed by atoms with Gasteiger partial charge >= 0.3 is 0 Å². The van der Waals surface area contributed by atoms with Crippen molar-refractivity contribution in [3.8, 4) is 0 Å². The van der Waals surface area contributed by atoms with E-state index in [1.807, 2.05) is 0 Å². The normalized spacial score (nSPS) is 47.6. The van der Waals surface area contributed by atoms with Crippen molar-refractivity contribution in [3.05, 3.63) is 11.6 Å². The first-order valence-electron chi connectivity index (χ1n) is 16.6. The van der Waals surface area contributed by atoms with E-state index < -0.39 is 36.0 Å². The van der Waals surface area contributed by atoms with Gasteiger partial charge in [-0.3, -0.25) is 0 Å². The molecular formula is C33H57NO6S. The number of fused-ring (bicyclic) bond motifs is 5. The van der Waals surface area contributed by atoms with Crippen molar-refractivity contribution in [2.45, 2.75) is 152 Å². The summed E-state index contributed by atoms with van der Waals surface area (Å²) in [6, 6.07) is 0.309. The Balaban J connectivity index is 1.02. The molecule has 4 unspecified atom stereocenters. The molecule has 4 fully saturated rings. The minimum Gasteiger partial charge on any atom is -0.390 e. The van der Waals surface area contributed by atoms with Gasteiger partial charge in [-0.25, -0.2) is 0 Å². The summed E-state index contributed by atoms with van der Waals surface area (Å²) in [6.45, 7) is 8.14. The Kier molecular flexibility index (Phi) is 10.2. The van der Waals surface area contributed by atoms with Crippen molar-refractivity contribution in [2.24, 2.45) is 40.2 Å². The number of thiol groups is 1. The molecule has 5 rings (SSSR count). The van der Waals surface area contributed by atoms with Crippen LogP contribution in [0.25, 0.3) is 0 Å². The second kappa shape index (κ2) is 13.0. The summed E-state index contributed by atoms with van der Waals surface area (Å²) in [5, 5.41) is 40.3. The summed E-state index contributed by atoms with van der Waals surface area (Å²) < 4.78 is 11.8. The van der Waals surface area contributed by atoms with Gasteiger partial charge in [0.25, 0.3) is 0 Å². The third-order valence-electron chi connectivity index (χ3n) is 12.5. The van der Waals surface area contributed by atoms with E-state index in [2.05, 4.69) is 39.5 Å². The molecule has 0 aromatic heterocycles. The van der Waals surface area contributed by atoms with E-state index >= 15 is 0 Å². The SMILES string of the molecule is C[C@@H](N)[C@H]1CCC2C3CC=C4C[C@H](OCCCCCCC(O)[C@H]5O[C@@H](S)[C@@H](O)[C@@H](O)[C@@H]5O)CC[C@]4(C)C3CC[C@@]21C. The van der Waals surface area contributed by atoms with E-state index in [1.54, 1.807) is 5.57 Å². The third kappa shape index (κ3) is 6.20. The van der Waals surface area contributed by atoms with Gasteiger partial charge in [0.1, 0.15) is 29.9 Å². The Hall–Kier alpha value is -0.190. The molecule has 5 aliphatic rings. The van der Waals surface area contributed by atoms with Crippen molar-refractivity contribution in [1.82, 2.24) is 0 Å². The van der Waals surface area contributed by atoms with Crippen molar-refractivity contribution in [2.75, 3.05) is 6.61 Å². The van der Waals surface area contributed by atoms with Gasteiger partial charge in [0.05, 0.1) is 12.2 Å². The number of ether oxygens (including phenoxy) is 2. The maximum Gasteiger partial charge on any atom is 0.129 e. The van der Waals surface area contributed by atoms with Crippen LogP contribution in [0.3, 0.4) is 0 Å². The summed E-state index contributed by atoms with van der Waals surface area (Å²) >= 11 is 4.10. The molecule has 0 amide bonds. The number of nitrogens with two attached hydrogens (primary N) is 1. The molecule has 0 aromatic rings. The number of allylic oxidation sites excluding steroid dienone is 1. The molecule has 3 saturated carbocycles. The lowest BCUT2D eigenvalue weighted by molar-refractivity contribution is -0.221. The Morgan fingerprint density at radius 1 is 1.00 bits per heavy atom. The topological polar surface area (TPSA) is 125 Å². The van der Waals surface area contributed by atoms with Gasteiger partial charge < -0.3 is 35.6 Å². The Labute approximate surface area is 253 Å². The van der Waals surface area contributed by atoms with E-state index in [4.69, 9.17) is 15.2 Å². The average Bonchev–Trinajstić information content (AvgIpc) is 3.30. The second-order valence-electron chi connectivity index (χ2n) is 14.8. The zero-order chi connectivity index (χ0) is 29.5. The Morgan fingerprint density at radius 3 is 2.51 bits per heavy atom. The molecule has 0 spiro atoms. The van der Waals surface area contributed by atoms with Crippen LogP contribution >= 0.6 is 12.6 Å². The number of hydrogen-bond acceptors (Lipinski definition) is 8. The standard InChI is InChI=1S/C33H57NO6S/c1-19(34)23-11-12-24-22-10-9-20-18-21(13-15-32(20,2)25(22)14-16-33(23,24)3)39-17-7-5-4-6-8-26(35)30-28(37)27(36)29(38)31(41)40-30/h9,19,21-31,35-38,41H,4-8,10-18,34H2,1-3H3/t19-,21-,22?,23-,24?,25?,26?,27+,28+,29+,30-,31+,32+,33-/m1/s1. The van der Waals surface area contributed by atoms with Crippen molar-refractivity contribution in [3.63, 3.8) is 0 Å². The molecule has 4 aliphatic carbocycles. The van der Waals surface area contributed by atoms with Gasteiger partial charge in [-0.2, -0.15) is 0 Å². The number of hydrogen-bond donors (Lipinski definition) is 6. The van der Waals surface area contributed by atoms with Gasteiger partial charge in [0.15, 0.2) is 0 Å². The lowest BCUT2D eigenvalue weighted by atomic mass is 9.47. The molecule has 0 bridgehead atoms. The smallest absolute Gasteiger partial charge is 0.129 e. The zero-order valence-electron chi connectivity index (χ0n) is 25.5. The second-order valence-corrected chi connectivity index (χ2v) is 15.3. The minimum absolute atomic E-state index is 0.309. The summed E-state index contributed by atoms with van der Waals surface area (Å²) in [4.78, 5) is 0. The predicted octanol–water partition coefficient (Wildman–Crippen LogP) is 4.35. The summed E-state index contributed by atoms with van der Waals surface area (Å²) in [5.41, 5.74) is 7.99. The zero-order valence-corrected chi connectivity index (χ0v) is 26.4. The highest BCUT2D eigenvalue weighted by Crippen LogP contribution is 2.66. The summed E-state index contributed by atoms with van der Waals surface area (Å²) in [6.07, 6.45) is 11.5. The van der Waals surface area contributed by atoms with Crippen LogP contribution < -0.4 is 5.73 Å². The molecule has 1 aliphatic heterocycles. The number of aliphatic hydroxyl groups excluding tert-OH is 4.